The molecule has 0 spiro atoms. The summed E-state index contributed by atoms with van der Waals surface area (Å²) in [5.74, 6) is 0.800. The number of carbonyl (C=O) groups is 1. The summed E-state index contributed by atoms with van der Waals surface area (Å²) in [6.07, 6.45) is 8.41. The summed E-state index contributed by atoms with van der Waals surface area (Å²) >= 11 is 0. The van der Waals surface area contributed by atoms with Gasteiger partial charge in [0.05, 0.1) is 0 Å². The Morgan fingerprint density at radius 3 is 2.26 bits per heavy atom. The van der Waals surface area contributed by atoms with Gasteiger partial charge < -0.3 is 4.90 Å². The van der Waals surface area contributed by atoms with E-state index in [0.29, 0.717) is 5.78 Å². The minimum absolute atomic E-state index is 0.0793. The Balaban J connectivity index is 2.53. The maximum atomic E-state index is 12.5. The number of rotatable bonds is 8. The number of ketones is 1. The maximum Gasteiger partial charge on any atom is 0.142 e. The minimum Gasteiger partial charge on any atom is -0.303 e. The summed E-state index contributed by atoms with van der Waals surface area (Å²) in [6.45, 7) is 12.1. The van der Waals surface area contributed by atoms with Crippen molar-refractivity contribution in [3.8, 4) is 0 Å². The molecule has 1 aliphatic carbocycles. The minimum atomic E-state index is -0.0793. The van der Waals surface area contributed by atoms with Crippen LogP contribution in [0.5, 0.6) is 0 Å². The quantitative estimate of drug-likeness (QED) is 0.654. The van der Waals surface area contributed by atoms with Gasteiger partial charge in [0.25, 0.3) is 0 Å². The predicted octanol–water partition coefficient (Wildman–Crippen LogP) is 4.28. The number of Topliss-reactive ketones (excluding diaryl/α,β-unsaturated/α-hetero) is 1. The molecule has 1 unspecified atom stereocenters. The molecule has 1 saturated carbocycles. The fraction of sp³-hybridized carbons (Fsp3) is 0.941. The van der Waals surface area contributed by atoms with Crippen molar-refractivity contribution in [3.63, 3.8) is 0 Å². The van der Waals surface area contributed by atoms with Crippen LogP contribution in [0.15, 0.2) is 0 Å². The van der Waals surface area contributed by atoms with E-state index in [1.54, 1.807) is 0 Å². The topological polar surface area (TPSA) is 20.3 Å². The van der Waals surface area contributed by atoms with Crippen LogP contribution in [-0.2, 0) is 4.79 Å². The van der Waals surface area contributed by atoms with Gasteiger partial charge in [-0.3, -0.25) is 4.79 Å². The first-order valence-corrected chi connectivity index (χ1v) is 8.28. The van der Waals surface area contributed by atoms with Gasteiger partial charge in [-0.2, -0.15) is 0 Å². The van der Waals surface area contributed by atoms with Crippen LogP contribution in [0.1, 0.15) is 72.6 Å². The van der Waals surface area contributed by atoms with Crippen LogP contribution < -0.4 is 0 Å². The highest BCUT2D eigenvalue weighted by molar-refractivity contribution is 5.87. The van der Waals surface area contributed by atoms with E-state index in [1.165, 1.54) is 45.2 Å². The van der Waals surface area contributed by atoms with Gasteiger partial charge in [0.1, 0.15) is 5.78 Å². The van der Waals surface area contributed by atoms with E-state index < -0.39 is 0 Å². The SMILES string of the molecule is CCCCN(CCCC)CC1CCCC(C)(C)C1=O. The van der Waals surface area contributed by atoms with Crippen LogP contribution in [-0.4, -0.2) is 30.3 Å². The molecular formula is C17H33NO. The second kappa shape index (κ2) is 8.04. The monoisotopic (exact) mass is 267 g/mol. The van der Waals surface area contributed by atoms with Gasteiger partial charge in [-0.05, 0) is 38.8 Å². The zero-order chi connectivity index (χ0) is 14.3. The van der Waals surface area contributed by atoms with Gasteiger partial charge in [0.15, 0.2) is 0 Å². The molecule has 0 bridgehead atoms. The van der Waals surface area contributed by atoms with Crippen molar-refractivity contribution in [2.75, 3.05) is 19.6 Å². The van der Waals surface area contributed by atoms with E-state index in [1.807, 2.05) is 0 Å². The fourth-order valence-corrected chi connectivity index (χ4v) is 3.14. The lowest BCUT2D eigenvalue weighted by Crippen LogP contribution is -2.42. The second-order valence-corrected chi connectivity index (χ2v) is 6.85. The molecule has 2 nitrogen and oxygen atoms in total. The number of hydrogen-bond acceptors (Lipinski definition) is 2. The number of nitrogens with zero attached hydrogens (tertiary/aromatic N) is 1. The Bertz CT molecular complexity index is 264. The molecule has 2 heteroatoms. The molecule has 0 aliphatic heterocycles. The average Bonchev–Trinajstić information content (AvgIpc) is 2.37. The highest BCUT2D eigenvalue weighted by atomic mass is 16.1. The van der Waals surface area contributed by atoms with Crippen LogP contribution in [0.4, 0.5) is 0 Å². The molecule has 0 heterocycles. The van der Waals surface area contributed by atoms with Crippen LogP contribution in [0.25, 0.3) is 0 Å². The van der Waals surface area contributed by atoms with Crippen molar-refractivity contribution in [2.24, 2.45) is 11.3 Å². The largest absolute Gasteiger partial charge is 0.303 e. The van der Waals surface area contributed by atoms with Crippen molar-refractivity contribution in [2.45, 2.75) is 72.6 Å². The zero-order valence-electron chi connectivity index (χ0n) is 13.5. The van der Waals surface area contributed by atoms with Gasteiger partial charge >= 0.3 is 0 Å². The first-order chi connectivity index (χ1) is 9.01. The van der Waals surface area contributed by atoms with Crippen molar-refractivity contribution in [3.05, 3.63) is 0 Å². The Labute approximate surface area is 119 Å². The summed E-state index contributed by atoms with van der Waals surface area (Å²) in [5.41, 5.74) is -0.0793. The lowest BCUT2D eigenvalue weighted by atomic mass is 9.71. The standard InChI is InChI=1S/C17H33NO/c1-5-7-12-18(13-8-6-2)14-15-10-9-11-17(3,4)16(15)19/h15H,5-14H2,1-4H3. The maximum absolute atomic E-state index is 12.5. The second-order valence-electron chi connectivity index (χ2n) is 6.85. The van der Waals surface area contributed by atoms with Crippen molar-refractivity contribution >= 4 is 5.78 Å². The lowest BCUT2D eigenvalue weighted by Gasteiger charge is -2.36. The molecule has 0 saturated heterocycles. The smallest absolute Gasteiger partial charge is 0.142 e. The molecule has 112 valence electrons. The van der Waals surface area contributed by atoms with Crippen LogP contribution in [0.3, 0.4) is 0 Å². The molecule has 19 heavy (non-hydrogen) atoms. The van der Waals surface area contributed by atoms with Crippen molar-refractivity contribution in [1.29, 1.82) is 0 Å². The molecule has 1 rings (SSSR count). The van der Waals surface area contributed by atoms with E-state index >= 15 is 0 Å². The molecule has 0 aromatic rings. The van der Waals surface area contributed by atoms with E-state index in [4.69, 9.17) is 0 Å². The molecular weight excluding hydrogens is 234 g/mol. The summed E-state index contributed by atoms with van der Waals surface area (Å²) in [6, 6.07) is 0. The number of carbonyl (C=O) groups excluding carboxylic acids is 1. The Kier molecular flexibility index (Phi) is 7.06. The predicted molar refractivity (Wildman–Crippen MR) is 82.4 cm³/mol. The van der Waals surface area contributed by atoms with E-state index in [-0.39, 0.29) is 11.3 Å². The van der Waals surface area contributed by atoms with E-state index in [0.717, 1.165) is 19.4 Å². The first-order valence-electron chi connectivity index (χ1n) is 8.28. The molecule has 1 atom stereocenters. The third-order valence-electron chi connectivity index (χ3n) is 4.53. The molecule has 1 fully saturated rings. The van der Waals surface area contributed by atoms with E-state index in [9.17, 15) is 4.79 Å². The average molecular weight is 267 g/mol. The van der Waals surface area contributed by atoms with Crippen LogP contribution >= 0.6 is 0 Å². The third kappa shape index (κ3) is 5.25. The van der Waals surface area contributed by atoms with Crippen LogP contribution in [0, 0.1) is 11.3 Å². The highest BCUT2D eigenvalue weighted by Gasteiger charge is 2.37. The molecule has 0 N–H and O–H groups in total. The summed E-state index contributed by atoms with van der Waals surface area (Å²) in [5, 5.41) is 0. The Morgan fingerprint density at radius 1 is 1.16 bits per heavy atom. The molecule has 1 aliphatic rings. The fourth-order valence-electron chi connectivity index (χ4n) is 3.14. The normalized spacial score (nSPS) is 23.0. The molecule has 0 amide bonds. The summed E-state index contributed by atoms with van der Waals surface area (Å²) in [4.78, 5) is 15.0. The van der Waals surface area contributed by atoms with Gasteiger partial charge in [0, 0.05) is 17.9 Å². The summed E-state index contributed by atoms with van der Waals surface area (Å²) < 4.78 is 0. The molecule has 0 aromatic heterocycles. The highest BCUT2D eigenvalue weighted by Crippen LogP contribution is 2.35. The van der Waals surface area contributed by atoms with E-state index in [2.05, 4.69) is 32.6 Å². The van der Waals surface area contributed by atoms with Crippen molar-refractivity contribution in [1.82, 2.24) is 4.90 Å². The van der Waals surface area contributed by atoms with Gasteiger partial charge in [-0.1, -0.05) is 47.0 Å². The summed E-state index contributed by atoms with van der Waals surface area (Å²) in [7, 11) is 0. The third-order valence-corrected chi connectivity index (χ3v) is 4.53. The lowest BCUT2D eigenvalue weighted by molar-refractivity contribution is -0.135. The van der Waals surface area contributed by atoms with Crippen molar-refractivity contribution < 1.29 is 4.79 Å². The number of unbranched alkanes of at least 4 members (excludes halogenated alkanes) is 2. The van der Waals surface area contributed by atoms with Crippen LogP contribution in [0.2, 0.25) is 0 Å². The van der Waals surface area contributed by atoms with Gasteiger partial charge in [-0.15, -0.1) is 0 Å². The first kappa shape index (κ1) is 16.7. The molecule has 0 aromatic carbocycles. The Morgan fingerprint density at radius 2 is 1.74 bits per heavy atom. The number of hydrogen-bond donors (Lipinski definition) is 0. The zero-order valence-corrected chi connectivity index (χ0v) is 13.5. The molecule has 0 radical (unpaired) electrons. The Hall–Kier alpha value is -0.370. The van der Waals surface area contributed by atoms with Gasteiger partial charge in [0.2, 0.25) is 0 Å². The van der Waals surface area contributed by atoms with Gasteiger partial charge in [-0.25, -0.2) is 0 Å².